The molecule has 0 radical (unpaired) electrons. The second kappa shape index (κ2) is 6.99. The number of H-pyrrole nitrogens is 1. The number of piperidine rings is 1. The number of aromatic amines is 1. The lowest BCUT2D eigenvalue weighted by Gasteiger charge is -2.31. The minimum Gasteiger partial charge on any atom is -0.394 e. The molecule has 0 saturated carbocycles. The first kappa shape index (κ1) is 15.8. The van der Waals surface area contributed by atoms with Crippen LogP contribution in [0.25, 0.3) is 0 Å². The van der Waals surface area contributed by atoms with E-state index in [4.69, 9.17) is 10.4 Å². The maximum absolute atomic E-state index is 9.06. The third-order valence-electron chi connectivity index (χ3n) is 4.50. The highest BCUT2D eigenvalue weighted by Crippen LogP contribution is 2.26. The molecule has 0 spiro atoms. The fourth-order valence-corrected chi connectivity index (χ4v) is 3.33. The van der Waals surface area contributed by atoms with E-state index in [0.717, 1.165) is 55.1 Å². The average Bonchev–Trinajstić information content (AvgIpc) is 3.14. The molecule has 6 nitrogen and oxygen atoms in total. The lowest BCUT2D eigenvalue weighted by atomic mass is 9.95. The Hall–Kier alpha value is -2.10. The van der Waals surface area contributed by atoms with Gasteiger partial charge in [0.05, 0.1) is 24.4 Å². The summed E-state index contributed by atoms with van der Waals surface area (Å²) in [5.74, 6) is 0.440. The topological polar surface area (TPSA) is 80.9 Å². The van der Waals surface area contributed by atoms with Gasteiger partial charge < -0.3 is 10.1 Å². The molecule has 1 aliphatic heterocycles. The van der Waals surface area contributed by atoms with Crippen LogP contribution >= 0.6 is 0 Å². The molecule has 1 fully saturated rings. The molecule has 23 heavy (non-hydrogen) atoms. The Labute approximate surface area is 136 Å². The third kappa shape index (κ3) is 3.63. The molecule has 0 unspecified atom stereocenters. The van der Waals surface area contributed by atoms with E-state index in [9.17, 15) is 0 Å². The Morgan fingerprint density at radius 3 is 3.13 bits per heavy atom. The van der Waals surface area contributed by atoms with E-state index in [1.807, 2.05) is 23.9 Å². The molecule has 2 aromatic rings. The van der Waals surface area contributed by atoms with Crippen molar-refractivity contribution < 1.29 is 5.11 Å². The first-order valence-corrected chi connectivity index (χ1v) is 8.14. The zero-order valence-electron chi connectivity index (χ0n) is 13.5. The standard InChI is InChI=1S/C17H23N5O/c1-13-15(10-18)9-16(19-13)12-21-5-2-3-14(11-21)17-4-6-22(20-17)7-8-23/h4,6,9,14,19,23H,2-3,5,7-8,11-12H2,1H3/t14-/m1/s1. The quantitative estimate of drug-likeness (QED) is 0.881. The highest BCUT2D eigenvalue weighted by molar-refractivity contribution is 5.35. The van der Waals surface area contributed by atoms with Crippen LogP contribution < -0.4 is 0 Å². The van der Waals surface area contributed by atoms with E-state index in [1.165, 1.54) is 0 Å². The minimum atomic E-state index is 0.116. The number of aromatic nitrogens is 3. The molecule has 1 saturated heterocycles. The van der Waals surface area contributed by atoms with Gasteiger partial charge in [0.2, 0.25) is 0 Å². The van der Waals surface area contributed by atoms with Gasteiger partial charge in [-0.25, -0.2) is 0 Å². The minimum absolute atomic E-state index is 0.116. The smallest absolute Gasteiger partial charge is 0.101 e. The summed E-state index contributed by atoms with van der Waals surface area (Å²) in [7, 11) is 0. The molecule has 6 heteroatoms. The highest BCUT2D eigenvalue weighted by atomic mass is 16.3. The fourth-order valence-electron chi connectivity index (χ4n) is 3.33. The van der Waals surface area contributed by atoms with Gasteiger partial charge in [-0.05, 0) is 38.4 Å². The number of hydrogen-bond acceptors (Lipinski definition) is 4. The van der Waals surface area contributed by atoms with Gasteiger partial charge in [-0.2, -0.15) is 10.4 Å². The van der Waals surface area contributed by atoms with Crippen molar-refractivity contribution in [1.82, 2.24) is 19.7 Å². The number of aryl methyl sites for hydroxylation is 1. The van der Waals surface area contributed by atoms with E-state index in [2.05, 4.69) is 27.1 Å². The van der Waals surface area contributed by atoms with Crippen LogP contribution in [0.2, 0.25) is 0 Å². The van der Waals surface area contributed by atoms with Gasteiger partial charge in [0.15, 0.2) is 0 Å². The van der Waals surface area contributed by atoms with Crippen molar-refractivity contribution in [2.75, 3.05) is 19.7 Å². The van der Waals surface area contributed by atoms with Gasteiger partial charge in [-0.3, -0.25) is 9.58 Å². The molecule has 0 aromatic carbocycles. The number of aliphatic hydroxyl groups excluding tert-OH is 1. The molecule has 122 valence electrons. The summed E-state index contributed by atoms with van der Waals surface area (Å²) in [6.45, 7) is 5.51. The summed E-state index contributed by atoms with van der Waals surface area (Å²) in [6.07, 6.45) is 4.25. The second-order valence-electron chi connectivity index (χ2n) is 6.25. The number of aliphatic hydroxyl groups is 1. The first-order valence-electron chi connectivity index (χ1n) is 8.14. The van der Waals surface area contributed by atoms with Crippen LogP contribution in [0.15, 0.2) is 18.3 Å². The molecule has 1 aliphatic rings. The van der Waals surface area contributed by atoms with Gasteiger partial charge in [-0.15, -0.1) is 0 Å². The molecule has 0 aliphatic carbocycles. The maximum Gasteiger partial charge on any atom is 0.101 e. The summed E-state index contributed by atoms with van der Waals surface area (Å²) in [4.78, 5) is 5.73. The van der Waals surface area contributed by atoms with Gasteiger partial charge in [0.25, 0.3) is 0 Å². The number of likely N-dealkylation sites (tertiary alicyclic amines) is 1. The van der Waals surface area contributed by atoms with E-state index < -0.39 is 0 Å². The lowest BCUT2D eigenvalue weighted by Crippen LogP contribution is -2.34. The van der Waals surface area contributed by atoms with Crippen LogP contribution in [-0.4, -0.2) is 44.5 Å². The number of hydrogen-bond donors (Lipinski definition) is 2. The normalized spacial score (nSPS) is 18.9. The Balaban J connectivity index is 1.64. The van der Waals surface area contributed by atoms with Crippen molar-refractivity contribution in [3.63, 3.8) is 0 Å². The number of rotatable bonds is 5. The molecule has 1 atom stereocenters. The number of nitriles is 1. The summed E-state index contributed by atoms with van der Waals surface area (Å²) in [6, 6.07) is 6.24. The van der Waals surface area contributed by atoms with Crippen LogP contribution in [0.5, 0.6) is 0 Å². The van der Waals surface area contributed by atoms with Crippen LogP contribution in [-0.2, 0) is 13.1 Å². The van der Waals surface area contributed by atoms with Crippen molar-refractivity contribution in [3.8, 4) is 6.07 Å². The first-order chi connectivity index (χ1) is 11.2. The van der Waals surface area contributed by atoms with Gasteiger partial charge in [-0.1, -0.05) is 0 Å². The van der Waals surface area contributed by atoms with Crippen LogP contribution in [0.3, 0.4) is 0 Å². The molecule has 3 heterocycles. The van der Waals surface area contributed by atoms with E-state index in [0.29, 0.717) is 12.5 Å². The Morgan fingerprint density at radius 2 is 2.39 bits per heavy atom. The second-order valence-corrected chi connectivity index (χ2v) is 6.25. The lowest BCUT2D eigenvalue weighted by molar-refractivity contribution is 0.196. The number of nitrogens with one attached hydrogen (secondary N) is 1. The van der Waals surface area contributed by atoms with E-state index >= 15 is 0 Å². The summed E-state index contributed by atoms with van der Waals surface area (Å²) < 4.78 is 1.81. The average molecular weight is 313 g/mol. The Morgan fingerprint density at radius 1 is 1.52 bits per heavy atom. The van der Waals surface area contributed by atoms with Crippen LogP contribution in [0.1, 0.15) is 41.4 Å². The van der Waals surface area contributed by atoms with Crippen LogP contribution in [0.4, 0.5) is 0 Å². The van der Waals surface area contributed by atoms with E-state index in [1.54, 1.807) is 0 Å². The fraction of sp³-hybridized carbons (Fsp3) is 0.529. The SMILES string of the molecule is Cc1[nH]c(CN2CCC[C@@H](c3ccn(CCO)n3)C2)cc1C#N. The van der Waals surface area contributed by atoms with Crippen molar-refractivity contribution in [1.29, 1.82) is 5.26 Å². The predicted octanol–water partition coefficient (Wildman–Crippen LogP) is 1.76. The van der Waals surface area contributed by atoms with Gasteiger partial charge in [0, 0.05) is 36.6 Å². The van der Waals surface area contributed by atoms with Gasteiger partial charge in [0.1, 0.15) is 6.07 Å². The van der Waals surface area contributed by atoms with Crippen molar-refractivity contribution in [2.24, 2.45) is 0 Å². The van der Waals surface area contributed by atoms with Crippen molar-refractivity contribution >= 4 is 0 Å². The Bertz CT molecular complexity index is 696. The summed E-state index contributed by atoms with van der Waals surface area (Å²) in [5.41, 5.74) is 3.89. The van der Waals surface area contributed by atoms with Crippen molar-refractivity contribution in [3.05, 3.63) is 41.0 Å². The van der Waals surface area contributed by atoms with E-state index in [-0.39, 0.29) is 6.61 Å². The summed E-state index contributed by atoms with van der Waals surface area (Å²) >= 11 is 0. The molecular formula is C17H23N5O. The zero-order valence-corrected chi connectivity index (χ0v) is 13.5. The van der Waals surface area contributed by atoms with Gasteiger partial charge >= 0.3 is 0 Å². The third-order valence-corrected chi connectivity index (χ3v) is 4.50. The highest BCUT2D eigenvalue weighted by Gasteiger charge is 2.23. The maximum atomic E-state index is 9.06. The Kier molecular flexibility index (Phi) is 4.79. The molecular weight excluding hydrogens is 290 g/mol. The molecule has 2 aromatic heterocycles. The summed E-state index contributed by atoms with van der Waals surface area (Å²) in [5, 5.41) is 22.6. The molecule has 2 N–H and O–H groups in total. The van der Waals surface area contributed by atoms with Crippen LogP contribution in [0, 0.1) is 18.3 Å². The monoisotopic (exact) mass is 313 g/mol. The molecule has 3 rings (SSSR count). The zero-order chi connectivity index (χ0) is 16.2. The number of nitrogens with zero attached hydrogens (tertiary/aromatic N) is 4. The molecule has 0 bridgehead atoms. The molecule has 0 amide bonds. The van der Waals surface area contributed by atoms with Crippen molar-refractivity contribution in [2.45, 2.75) is 38.8 Å². The largest absolute Gasteiger partial charge is 0.394 e. The predicted molar refractivity (Wildman–Crippen MR) is 86.8 cm³/mol.